The van der Waals surface area contributed by atoms with Gasteiger partial charge in [0.15, 0.2) is 0 Å². The van der Waals surface area contributed by atoms with Crippen molar-refractivity contribution in [2.75, 3.05) is 0 Å². The average Bonchev–Trinajstić information content (AvgIpc) is 2.43. The molecule has 2 aromatic carbocycles. The van der Waals surface area contributed by atoms with Crippen LogP contribution in [0.1, 0.15) is 63.6 Å². The van der Waals surface area contributed by atoms with Crippen molar-refractivity contribution in [3.63, 3.8) is 0 Å². The summed E-state index contributed by atoms with van der Waals surface area (Å²) in [6, 6.07) is 16.7. The molecular weight excluding hydrogens is 276 g/mol. The van der Waals surface area contributed by atoms with E-state index in [2.05, 4.69) is 64.1 Å². The molecule has 2 rings (SSSR count). The molecule has 0 nitrogen and oxygen atoms in total. The van der Waals surface area contributed by atoms with Gasteiger partial charge in [-0.1, -0.05) is 89.2 Å². The highest BCUT2D eigenvalue weighted by Crippen LogP contribution is 2.21. The quantitative estimate of drug-likeness (QED) is 0.549. The van der Waals surface area contributed by atoms with Crippen LogP contribution in [0, 0.1) is 6.92 Å². The third kappa shape index (κ3) is 6.82. The predicted molar refractivity (Wildman–Crippen MR) is 97.5 cm³/mol. The lowest BCUT2D eigenvalue weighted by Crippen LogP contribution is -1.87. The highest BCUT2D eigenvalue weighted by molar-refractivity contribution is 6.31. The maximum atomic E-state index is 5.89. The Kier molecular flexibility index (Phi) is 9.05. The van der Waals surface area contributed by atoms with Gasteiger partial charge in [-0.2, -0.15) is 0 Å². The van der Waals surface area contributed by atoms with Crippen LogP contribution in [-0.2, 0) is 0 Å². The van der Waals surface area contributed by atoms with Crippen molar-refractivity contribution >= 4 is 11.6 Å². The van der Waals surface area contributed by atoms with Crippen molar-refractivity contribution in [1.82, 2.24) is 0 Å². The van der Waals surface area contributed by atoms with Crippen molar-refractivity contribution in [1.29, 1.82) is 0 Å². The summed E-state index contributed by atoms with van der Waals surface area (Å²) in [4.78, 5) is 0. The second-order valence-electron chi connectivity index (χ2n) is 5.73. The second kappa shape index (κ2) is 9.63. The van der Waals surface area contributed by atoms with Gasteiger partial charge in [0.05, 0.1) is 0 Å². The molecule has 1 heteroatoms. The van der Waals surface area contributed by atoms with Crippen LogP contribution in [0.25, 0.3) is 0 Å². The van der Waals surface area contributed by atoms with E-state index < -0.39 is 0 Å². The molecule has 2 aromatic rings. The fourth-order valence-electron chi connectivity index (χ4n) is 1.86. The van der Waals surface area contributed by atoms with Crippen LogP contribution in [0.5, 0.6) is 0 Å². The molecule has 0 aliphatic rings. The molecule has 0 atom stereocenters. The van der Waals surface area contributed by atoms with Crippen LogP contribution in [0.3, 0.4) is 0 Å². The summed E-state index contributed by atoms with van der Waals surface area (Å²) in [5.74, 6) is 1.25. The normalized spacial score (nSPS) is 9.90. The van der Waals surface area contributed by atoms with Crippen LogP contribution in [0.2, 0.25) is 5.02 Å². The lowest BCUT2D eigenvalue weighted by Gasteiger charge is -2.06. The van der Waals surface area contributed by atoms with Gasteiger partial charge in [-0.3, -0.25) is 0 Å². The first-order valence-corrected chi connectivity index (χ1v) is 7.60. The number of hydrogen-bond donors (Lipinski definition) is 0. The highest BCUT2D eigenvalue weighted by atomic mass is 35.5. The van der Waals surface area contributed by atoms with E-state index in [0.717, 1.165) is 10.6 Å². The number of hydrogen-bond acceptors (Lipinski definition) is 0. The van der Waals surface area contributed by atoms with E-state index in [4.69, 9.17) is 11.6 Å². The first-order valence-electron chi connectivity index (χ1n) is 7.22. The second-order valence-corrected chi connectivity index (χ2v) is 6.14. The van der Waals surface area contributed by atoms with Gasteiger partial charge in [0.1, 0.15) is 0 Å². The summed E-state index contributed by atoms with van der Waals surface area (Å²) in [5, 5.41) is 0.856. The van der Waals surface area contributed by atoms with Gasteiger partial charge < -0.3 is 0 Å². The maximum absolute atomic E-state index is 5.89. The number of benzene rings is 2. The summed E-state index contributed by atoms with van der Waals surface area (Å²) in [7, 11) is 0. The molecule has 0 heterocycles. The van der Waals surface area contributed by atoms with E-state index in [1.165, 1.54) is 11.1 Å². The molecule has 0 amide bonds. The van der Waals surface area contributed by atoms with Crippen molar-refractivity contribution in [2.24, 2.45) is 0 Å². The zero-order chi connectivity index (χ0) is 15.1. The zero-order valence-electron chi connectivity index (χ0n) is 13.2. The van der Waals surface area contributed by atoms with Gasteiger partial charge in [-0.15, -0.1) is 0 Å². The molecule has 0 saturated carbocycles. The molecule has 0 aliphatic carbocycles. The fraction of sp³-hybridized carbons (Fsp3) is 0.400. The molecule has 0 fully saturated rings. The molecule has 0 aromatic heterocycles. The summed E-state index contributed by atoms with van der Waals surface area (Å²) >= 11 is 5.89. The van der Waals surface area contributed by atoms with Crippen LogP contribution in [0.15, 0.2) is 48.5 Å². The van der Waals surface area contributed by atoms with Gasteiger partial charge in [0.25, 0.3) is 0 Å². The Labute approximate surface area is 136 Å². The minimum absolute atomic E-state index is 0. The molecule has 0 unspecified atom stereocenters. The molecule has 0 aliphatic heterocycles. The number of aryl methyl sites for hydroxylation is 1. The molecule has 0 spiro atoms. The third-order valence-electron chi connectivity index (χ3n) is 3.31. The SMILES string of the molecule is C.CC(C)c1ccccc1.Cc1cc(C(C)C)ccc1Cl. The zero-order valence-corrected chi connectivity index (χ0v) is 13.9. The Morgan fingerprint density at radius 2 is 1.29 bits per heavy atom. The van der Waals surface area contributed by atoms with Gasteiger partial charge in [-0.05, 0) is 41.5 Å². The van der Waals surface area contributed by atoms with E-state index in [1.807, 2.05) is 19.1 Å². The highest BCUT2D eigenvalue weighted by Gasteiger charge is 2.00. The molecule has 116 valence electrons. The molecule has 0 bridgehead atoms. The van der Waals surface area contributed by atoms with Crippen molar-refractivity contribution in [3.05, 3.63) is 70.2 Å². The van der Waals surface area contributed by atoms with Gasteiger partial charge >= 0.3 is 0 Å². The van der Waals surface area contributed by atoms with Crippen molar-refractivity contribution < 1.29 is 0 Å². The van der Waals surface area contributed by atoms with E-state index in [9.17, 15) is 0 Å². The Hall–Kier alpha value is -1.27. The summed E-state index contributed by atoms with van der Waals surface area (Å²) in [6.45, 7) is 10.8. The molecule has 0 saturated heterocycles. The van der Waals surface area contributed by atoms with E-state index >= 15 is 0 Å². The fourth-order valence-corrected chi connectivity index (χ4v) is 1.98. The number of halogens is 1. The minimum atomic E-state index is 0. The molecule has 21 heavy (non-hydrogen) atoms. The summed E-state index contributed by atoms with van der Waals surface area (Å²) in [5.41, 5.74) is 3.93. The molecule has 0 radical (unpaired) electrons. The van der Waals surface area contributed by atoms with E-state index in [-0.39, 0.29) is 7.43 Å². The Morgan fingerprint density at radius 3 is 1.67 bits per heavy atom. The van der Waals surface area contributed by atoms with E-state index in [1.54, 1.807) is 0 Å². The minimum Gasteiger partial charge on any atom is -0.0841 e. The van der Waals surface area contributed by atoms with Crippen LogP contribution >= 0.6 is 11.6 Å². The van der Waals surface area contributed by atoms with Gasteiger partial charge in [0.2, 0.25) is 0 Å². The first kappa shape index (κ1) is 19.7. The lowest BCUT2D eigenvalue weighted by atomic mass is 10.0. The smallest absolute Gasteiger partial charge is 0.0435 e. The monoisotopic (exact) mass is 304 g/mol. The number of rotatable bonds is 2. The van der Waals surface area contributed by atoms with Crippen LogP contribution < -0.4 is 0 Å². The maximum Gasteiger partial charge on any atom is 0.0435 e. The van der Waals surface area contributed by atoms with Crippen LogP contribution in [-0.4, -0.2) is 0 Å². The molecule has 0 N–H and O–H groups in total. The Morgan fingerprint density at radius 1 is 0.762 bits per heavy atom. The van der Waals surface area contributed by atoms with E-state index in [0.29, 0.717) is 11.8 Å². The summed E-state index contributed by atoms with van der Waals surface area (Å²) < 4.78 is 0. The Bertz CT molecular complexity index is 513. The van der Waals surface area contributed by atoms with Crippen molar-refractivity contribution in [3.8, 4) is 0 Å². The Balaban J connectivity index is 0.000000370. The summed E-state index contributed by atoms with van der Waals surface area (Å²) in [6.07, 6.45) is 0. The third-order valence-corrected chi connectivity index (χ3v) is 3.74. The van der Waals surface area contributed by atoms with Crippen LogP contribution in [0.4, 0.5) is 0 Å². The standard InChI is InChI=1S/C10H13Cl.C9H12.CH4/c1-7(2)9-4-5-10(11)8(3)6-9;1-8(2)9-6-4-3-5-7-9;/h4-7H,1-3H3;3-8H,1-2H3;1H4. The lowest BCUT2D eigenvalue weighted by molar-refractivity contribution is 0.865. The largest absolute Gasteiger partial charge is 0.0841 e. The van der Waals surface area contributed by atoms with Gasteiger partial charge in [-0.25, -0.2) is 0 Å². The molecular formula is C20H29Cl. The predicted octanol–water partition coefficient (Wildman–Crippen LogP) is 7.22. The first-order chi connectivity index (χ1) is 9.41. The van der Waals surface area contributed by atoms with Gasteiger partial charge in [0, 0.05) is 5.02 Å². The average molecular weight is 305 g/mol. The topological polar surface area (TPSA) is 0 Å². The van der Waals surface area contributed by atoms with Crippen molar-refractivity contribution in [2.45, 2.75) is 53.9 Å².